The molecule has 0 atom stereocenters. The van der Waals surface area contributed by atoms with Gasteiger partial charge in [0.05, 0.1) is 12.7 Å². The summed E-state index contributed by atoms with van der Waals surface area (Å²) in [4.78, 5) is 8.13. The highest BCUT2D eigenvalue weighted by Crippen LogP contribution is 2.24. The summed E-state index contributed by atoms with van der Waals surface area (Å²) in [5.74, 6) is 1.28. The summed E-state index contributed by atoms with van der Waals surface area (Å²) in [5.41, 5.74) is 0.692. The van der Waals surface area contributed by atoms with Crippen LogP contribution in [0.15, 0.2) is 29.4 Å². The lowest BCUT2D eigenvalue weighted by molar-refractivity contribution is 0.396. The van der Waals surface area contributed by atoms with Gasteiger partial charge < -0.3 is 9.26 Å². The molecule has 2 aromatic heterocycles. The maximum Gasteiger partial charge on any atom is 0.250 e. The highest BCUT2D eigenvalue weighted by molar-refractivity contribution is 5.61. The van der Waals surface area contributed by atoms with Crippen molar-refractivity contribution in [3.05, 3.63) is 30.8 Å². The van der Waals surface area contributed by atoms with Crippen molar-refractivity contribution in [2.75, 3.05) is 7.11 Å². The van der Waals surface area contributed by atoms with Gasteiger partial charge in [0.1, 0.15) is 0 Å². The van der Waals surface area contributed by atoms with Gasteiger partial charge in [0.2, 0.25) is 17.6 Å². The second-order valence-electron chi connectivity index (χ2n) is 2.72. The average Bonchev–Trinajstić information content (AvgIpc) is 2.77. The number of rotatable bonds is 3. The molecule has 0 N–H and O–H groups in total. The van der Waals surface area contributed by atoms with Gasteiger partial charge >= 0.3 is 0 Å². The third-order valence-electron chi connectivity index (χ3n) is 1.82. The Balaban J connectivity index is 2.48. The fourth-order valence-electron chi connectivity index (χ4n) is 1.15. The van der Waals surface area contributed by atoms with Crippen LogP contribution >= 0.6 is 0 Å². The van der Waals surface area contributed by atoms with Crippen LogP contribution in [-0.4, -0.2) is 22.2 Å². The Morgan fingerprint density at radius 1 is 1.53 bits per heavy atom. The first kappa shape index (κ1) is 9.39. The van der Waals surface area contributed by atoms with Crippen LogP contribution < -0.4 is 4.74 Å². The van der Waals surface area contributed by atoms with Crippen LogP contribution in [0.2, 0.25) is 0 Å². The van der Waals surface area contributed by atoms with Gasteiger partial charge in [0.15, 0.2) is 0 Å². The summed E-state index contributed by atoms with van der Waals surface area (Å²) in [5, 5.41) is 3.79. The molecule has 5 heteroatoms. The normalized spacial score (nSPS) is 9.93. The van der Waals surface area contributed by atoms with Crippen LogP contribution in [0.5, 0.6) is 5.88 Å². The summed E-state index contributed by atoms with van der Waals surface area (Å²) in [6.45, 7) is 3.54. The fraction of sp³-hybridized carbons (Fsp3) is 0.100. The Labute approximate surface area is 86.4 Å². The Morgan fingerprint density at radius 2 is 2.40 bits per heavy atom. The summed E-state index contributed by atoms with van der Waals surface area (Å²) < 4.78 is 9.99. The number of hydrogen-bond acceptors (Lipinski definition) is 5. The molecule has 2 aromatic rings. The van der Waals surface area contributed by atoms with Crippen molar-refractivity contribution >= 4 is 6.08 Å². The topological polar surface area (TPSA) is 61.0 Å². The molecule has 0 fully saturated rings. The average molecular weight is 203 g/mol. The molecule has 0 aromatic carbocycles. The van der Waals surface area contributed by atoms with E-state index in [0.717, 1.165) is 0 Å². The van der Waals surface area contributed by atoms with Crippen molar-refractivity contribution in [3.8, 4) is 17.3 Å². The highest BCUT2D eigenvalue weighted by Gasteiger charge is 2.12. The molecule has 0 unspecified atom stereocenters. The third kappa shape index (κ3) is 1.71. The molecule has 0 radical (unpaired) electrons. The van der Waals surface area contributed by atoms with E-state index in [1.807, 2.05) is 6.07 Å². The van der Waals surface area contributed by atoms with Crippen LogP contribution in [0, 0.1) is 0 Å². The first-order valence-electron chi connectivity index (χ1n) is 4.30. The van der Waals surface area contributed by atoms with Gasteiger partial charge in [-0.1, -0.05) is 11.7 Å². The third-order valence-corrected chi connectivity index (χ3v) is 1.82. The summed E-state index contributed by atoms with van der Waals surface area (Å²) in [6.07, 6.45) is 3.12. The molecule has 2 heterocycles. The molecular weight excluding hydrogens is 194 g/mol. The maximum atomic E-state index is 5.08. The molecule has 0 aliphatic heterocycles. The van der Waals surface area contributed by atoms with Crippen molar-refractivity contribution in [2.24, 2.45) is 0 Å². The largest absolute Gasteiger partial charge is 0.480 e. The molecule has 2 rings (SSSR count). The van der Waals surface area contributed by atoms with Gasteiger partial charge in [0.25, 0.3) is 0 Å². The van der Waals surface area contributed by atoms with E-state index in [1.165, 1.54) is 6.08 Å². The van der Waals surface area contributed by atoms with E-state index in [9.17, 15) is 0 Å². The van der Waals surface area contributed by atoms with Crippen molar-refractivity contribution in [2.45, 2.75) is 0 Å². The monoisotopic (exact) mass is 203 g/mol. The molecule has 0 aliphatic rings. The van der Waals surface area contributed by atoms with Gasteiger partial charge in [-0.05, 0) is 18.2 Å². The number of aromatic nitrogens is 3. The zero-order valence-corrected chi connectivity index (χ0v) is 8.17. The van der Waals surface area contributed by atoms with Gasteiger partial charge in [-0.15, -0.1) is 0 Å². The number of pyridine rings is 1. The Hall–Kier alpha value is -2.17. The van der Waals surface area contributed by atoms with Crippen LogP contribution in [0.3, 0.4) is 0 Å². The van der Waals surface area contributed by atoms with E-state index < -0.39 is 0 Å². The second kappa shape index (κ2) is 3.91. The fourth-order valence-corrected chi connectivity index (χ4v) is 1.15. The van der Waals surface area contributed by atoms with Gasteiger partial charge in [-0.2, -0.15) is 4.98 Å². The predicted octanol–water partition coefficient (Wildman–Crippen LogP) is 1.78. The quantitative estimate of drug-likeness (QED) is 0.760. The van der Waals surface area contributed by atoms with Crippen molar-refractivity contribution in [1.29, 1.82) is 0 Å². The Kier molecular flexibility index (Phi) is 2.45. The minimum atomic E-state index is 0.371. The standard InChI is InChI=1S/C10H9N3O2/c1-3-8-12-9(13-15-8)7-5-4-6-11-10(7)14-2/h3-6H,1H2,2H3. The zero-order chi connectivity index (χ0) is 10.7. The van der Waals surface area contributed by atoms with E-state index in [4.69, 9.17) is 9.26 Å². The number of hydrogen-bond donors (Lipinski definition) is 0. The van der Waals surface area contributed by atoms with E-state index in [0.29, 0.717) is 23.2 Å². The first-order valence-corrected chi connectivity index (χ1v) is 4.30. The van der Waals surface area contributed by atoms with Gasteiger partial charge in [-0.3, -0.25) is 0 Å². The van der Waals surface area contributed by atoms with Crippen LogP contribution in [0.25, 0.3) is 17.5 Å². The molecule has 76 valence electrons. The molecule has 0 bridgehead atoms. The Bertz CT molecular complexity index is 479. The lowest BCUT2D eigenvalue weighted by Gasteiger charge is -2.01. The van der Waals surface area contributed by atoms with Crippen LogP contribution in [-0.2, 0) is 0 Å². The van der Waals surface area contributed by atoms with E-state index in [2.05, 4.69) is 21.7 Å². The van der Waals surface area contributed by atoms with Crippen LogP contribution in [0.4, 0.5) is 0 Å². The predicted molar refractivity (Wildman–Crippen MR) is 54.2 cm³/mol. The van der Waals surface area contributed by atoms with Crippen molar-refractivity contribution in [1.82, 2.24) is 15.1 Å². The van der Waals surface area contributed by atoms with Gasteiger partial charge in [0, 0.05) is 6.20 Å². The summed E-state index contributed by atoms with van der Waals surface area (Å²) >= 11 is 0. The van der Waals surface area contributed by atoms with Gasteiger partial charge in [-0.25, -0.2) is 4.98 Å². The van der Waals surface area contributed by atoms with E-state index in [-0.39, 0.29) is 0 Å². The molecule has 15 heavy (non-hydrogen) atoms. The smallest absolute Gasteiger partial charge is 0.250 e. The molecule has 0 aliphatic carbocycles. The second-order valence-corrected chi connectivity index (χ2v) is 2.72. The number of nitrogens with zero attached hydrogens (tertiary/aromatic N) is 3. The molecule has 0 saturated carbocycles. The van der Waals surface area contributed by atoms with Crippen molar-refractivity contribution < 1.29 is 9.26 Å². The molecule has 5 nitrogen and oxygen atoms in total. The van der Waals surface area contributed by atoms with E-state index in [1.54, 1.807) is 19.4 Å². The van der Waals surface area contributed by atoms with Crippen molar-refractivity contribution in [3.63, 3.8) is 0 Å². The number of ether oxygens (including phenoxy) is 1. The summed E-state index contributed by atoms with van der Waals surface area (Å²) in [7, 11) is 1.54. The lowest BCUT2D eigenvalue weighted by Crippen LogP contribution is -1.91. The zero-order valence-electron chi connectivity index (χ0n) is 8.17. The number of methoxy groups -OCH3 is 1. The molecule has 0 saturated heterocycles. The minimum absolute atomic E-state index is 0.371. The summed E-state index contributed by atoms with van der Waals surface area (Å²) in [6, 6.07) is 3.59. The lowest BCUT2D eigenvalue weighted by atomic mass is 10.2. The highest BCUT2D eigenvalue weighted by atomic mass is 16.5. The van der Waals surface area contributed by atoms with E-state index >= 15 is 0 Å². The maximum absolute atomic E-state index is 5.08. The first-order chi connectivity index (χ1) is 7.35. The Morgan fingerprint density at radius 3 is 3.07 bits per heavy atom. The molecular formula is C10H9N3O2. The molecule has 0 spiro atoms. The minimum Gasteiger partial charge on any atom is -0.480 e. The van der Waals surface area contributed by atoms with Crippen LogP contribution in [0.1, 0.15) is 5.89 Å². The molecule has 0 amide bonds. The SMILES string of the molecule is C=Cc1nc(-c2cccnc2OC)no1.